The summed E-state index contributed by atoms with van der Waals surface area (Å²) in [6.07, 6.45) is 0. The summed E-state index contributed by atoms with van der Waals surface area (Å²) in [6.45, 7) is 0.0103. The van der Waals surface area contributed by atoms with E-state index in [1.165, 1.54) is 12.1 Å². The Labute approximate surface area is 88.4 Å². The van der Waals surface area contributed by atoms with Crippen LogP contribution in [0.25, 0.3) is 0 Å². The summed E-state index contributed by atoms with van der Waals surface area (Å²) in [5.41, 5.74) is 0. The van der Waals surface area contributed by atoms with Gasteiger partial charge in [0.2, 0.25) is 0 Å². The zero-order valence-corrected chi connectivity index (χ0v) is 8.90. The Balaban J connectivity index is 2.88. The minimum atomic E-state index is -0.544. The van der Waals surface area contributed by atoms with Gasteiger partial charge in [-0.3, -0.25) is 0 Å². The Morgan fingerprint density at radius 1 is 1.54 bits per heavy atom. The molecule has 13 heavy (non-hydrogen) atoms. The third kappa shape index (κ3) is 2.83. The van der Waals surface area contributed by atoms with Gasteiger partial charge in [0.1, 0.15) is 18.2 Å². The molecular weight excluding hydrogens is 262 g/mol. The predicted octanol–water partition coefficient (Wildman–Crippen LogP) is 2.61. The van der Waals surface area contributed by atoms with Crippen LogP contribution in [0.4, 0.5) is 4.39 Å². The summed E-state index contributed by atoms with van der Waals surface area (Å²) in [7, 11) is 0. The van der Waals surface area contributed by atoms with Crippen molar-refractivity contribution in [2.45, 2.75) is 0 Å². The average molecular weight is 269 g/mol. The van der Waals surface area contributed by atoms with Gasteiger partial charge in [-0.1, -0.05) is 11.6 Å². The van der Waals surface area contributed by atoms with Crippen molar-refractivity contribution in [1.29, 1.82) is 0 Å². The zero-order chi connectivity index (χ0) is 9.84. The molecule has 0 fully saturated rings. The van der Waals surface area contributed by atoms with Gasteiger partial charge in [-0.25, -0.2) is 4.39 Å². The van der Waals surface area contributed by atoms with E-state index in [-0.39, 0.29) is 18.2 Å². The molecule has 72 valence electrons. The maximum absolute atomic E-state index is 12.9. The van der Waals surface area contributed by atoms with Crippen LogP contribution in [-0.2, 0) is 0 Å². The van der Waals surface area contributed by atoms with Crippen molar-refractivity contribution in [1.82, 2.24) is 0 Å². The molecule has 1 aromatic rings. The van der Waals surface area contributed by atoms with Crippen LogP contribution in [-0.4, -0.2) is 18.3 Å². The molecule has 0 unspecified atom stereocenters. The fourth-order valence-corrected chi connectivity index (χ4v) is 1.52. The first-order valence-electron chi connectivity index (χ1n) is 3.53. The van der Waals surface area contributed by atoms with E-state index in [2.05, 4.69) is 15.9 Å². The maximum Gasteiger partial charge on any atom is 0.145 e. The molecule has 0 saturated carbocycles. The number of rotatable bonds is 3. The quantitative estimate of drug-likeness (QED) is 0.855. The van der Waals surface area contributed by atoms with Crippen molar-refractivity contribution >= 4 is 27.5 Å². The molecule has 0 atom stereocenters. The minimum Gasteiger partial charge on any atom is -0.490 e. The number of hydrogen-bond donors (Lipinski definition) is 1. The van der Waals surface area contributed by atoms with Crippen molar-refractivity contribution < 1.29 is 14.2 Å². The minimum absolute atomic E-state index is 0.0308. The molecule has 0 bridgehead atoms. The van der Waals surface area contributed by atoms with Gasteiger partial charge in [-0.2, -0.15) is 0 Å². The first-order valence-corrected chi connectivity index (χ1v) is 4.70. The van der Waals surface area contributed by atoms with Gasteiger partial charge in [0.15, 0.2) is 0 Å². The molecule has 2 nitrogen and oxygen atoms in total. The molecule has 0 amide bonds. The lowest BCUT2D eigenvalue weighted by molar-refractivity contribution is 0.200. The van der Waals surface area contributed by atoms with Crippen LogP contribution < -0.4 is 4.74 Å². The Kier molecular flexibility index (Phi) is 3.96. The molecule has 0 radical (unpaired) electrons. The highest BCUT2D eigenvalue weighted by atomic mass is 79.9. The molecular formula is C8H7BrClFO2. The van der Waals surface area contributed by atoms with Gasteiger partial charge in [0.05, 0.1) is 16.1 Å². The third-order valence-corrected chi connectivity index (χ3v) is 2.23. The second-order valence-corrected chi connectivity index (χ2v) is 3.53. The summed E-state index contributed by atoms with van der Waals surface area (Å²) in [6, 6.07) is 2.58. The fraction of sp³-hybridized carbons (Fsp3) is 0.250. The largest absolute Gasteiger partial charge is 0.490 e. The molecule has 1 aromatic carbocycles. The second kappa shape index (κ2) is 4.79. The molecule has 5 heteroatoms. The Morgan fingerprint density at radius 2 is 2.23 bits per heavy atom. The van der Waals surface area contributed by atoms with Gasteiger partial charge >= 0.3 is 0 Å². The van der Waals surface area contributed by atoms with Gasteiger partial charge in [0.25, 0.3) is 0 Å². The van der Waals surface area contributed by atoms with E-state index in [0.29, 0.717) is 10.2 Å². The first kappa shape index (κ1) is 10.8. The number of aliphatic hydroxyl groups is 1. The maximum atomic E-state index is 12.9. The van der Waals surface area contributed by atoms with E-state index < -0.39 is 5.82 Å². The average Bonchev–Trinajstić information content (AvgIpc) is 2.09. The number of halogens is 3. The Bertz CT molecular complexity index is 306. The van der Waals surface area contributed by atoms with Crippen LogP contribution in [0, 0.1) is 5.82 Å². The molecule has 0 aromatic heterocycles. The highest BCUT2D eigenvalue weighted by Crippen LogP contribution is 2.30. The molecule has 1 N–H and O–H groups in total. The lowest BCUT2D eigenvalue weighted by Crippen LogP contribution is -2.02. The van der Waals surface area contributed by atoms with E-state index in [1.54, 1.807) is 0 Å². The van der Waals surface area contributed by atoms with E-state index in [4.69, 9.17) is 21.4 Å². The van der Waals surface area contributed by atoms with E-state index in [0.717, 1.165) is 0 Å². The molecule has 0 heterocycles. The fourth-order valence-electron chi connectivity index (χ4n) is 0.771. The summed E-state index contributed by atoms with van der Waals surface area (Å²) in [4.78, 5) is 0. The Hall–Kier alpha value is -0.320. The molecule has 1 rings (SSSR count). The van der Waals surface area contributed by atoms with Crippen LogP contribution in [0.15, 0.2) is 16.6 Å². The van der Waals surface area contributed by atoms with E-state index >= 15 is 0 Å². The normalized spacial score (nSPS) is 10.2. The van der Waals surface area contributed by atoms with Crippen molar-refractivity contribution in [2.24, 2.45) is 0 Å². The summed E-state index contributed by atoms with van der Waals surface area (Å²) >= 11 is 8.66. The topological polar surface area (TPSA) is 29.5 Å². The summed E-state index contributed by atoms with van der Waals surface area (Å²) < 4.78 is 18.5. The van der Waals surface area contributed by atoms with Crippen LogP contribution in [0.1, 0.15) is 0 Å². The molecule has 0 saturated heterocycles. The predicted molar refractivity (Wildman–Crippen MR) is 51.7 cm³/mol. The zero-order valence-electron chi connectivity index (χ0n) is 6.56. The van der Waals surface area contributed by atoms with Crippen LogP contribution in [0.5, 0.6) is 5.75 Å². The summed E-state index contributed by atoms with van der Waals surface area (Å²) in [5.74, 6) is -0.214. The number of ether oxygens (including phenoxy) is 1. The standard InChI is InChI=1S/C8H7BrClFO2/c9-5-3-6(10)7(11)4-8(5)13-2-1-12/h3-4,12H,1-2H2. The van der Waals surface area contributed by atoms with Gasteiger partial charge in [-0.15, -0.1) is 0 Å². The summed E-state index contributed by atoms with van der Waals surface area (Å²) in [5, 5.41) is 8.51. The lowest BCUT2D eigenvalue weighted by Gasteiger charge is -2.06. The van der Waals surface area contributed by atoms with E-state index in [9.17, 15) is 4.39 Å². The van der Waals surface area contributed by atoms with Crippen molar-refractivity contribution in [3.05, 3.63) is 27.4 Å². The third-order valence-electron chi connectivity index (χ3n) is 1.32. The lowest BCUT2D eigenvalue weighted by atomic mass is 10.3. The molecule has 0 spiro atoms. The smallest absolute Gasteiger partial charge is 0.145 e. The van der Waals surface area contributed by atoms with Gasteiger partial charge in [0, 0.05) is 6.07 Å². The highest BCUT2D eigenvalue weighted by molar-refractivity contribution is 9.10. The SMILES string of the molecule is OCCOc1cc(F)c(Cl)cc1Br. The molecule has 0 aliphatic rings. The molecule has 0 aliphatic heterocycles. The number of benzene rings is 1. The van der Waals surface area contributed by atoms with Crippen LogP contribution in [0.2, 0.25) is 5.02 Å². The van der Waals surface area contributed by atoms with Crippen LogP contribution >= 0.6 is 27.5 Å². The van der Waals surface area contributed by atoms with Gasteiger partial charge in [-0.05, 0) is 22.0 Å². The van der Waals surface area contributed by atoms with Crippen molar-refractivity contribution in [3.8, 4) is 5.75 Å². The molecule has 0 aliphatic carbocycles. The highest BCUT2D eigenvalue weighted by Gasteiger charge is 2.07. The van der Waals surface area contributed by atoms with Crippen molar-refractivity contribution in [3.63, 3.8) is 0 Å². The Morgan fingerprint density at radius 3 is 2.85 bits per heavy atom. The van der Waals surface area contributed by atoms with Crippen LogP contribution in [0.3, 0.4) is 0 Å². The van der Waals surface area contributed by atoms with Gasteiger partial charge < -0.3 is 9.84 Å². The number of hydrogen-bond acceptors (Lipinski definition) is 2. The monoisotopic (exact) mass is 268 g/mol. The first-order chi connectivity index (χ1) is 6.15. The van der Waals surface area contributed by atoms with Crippen molar-refractivity contribution in [2.75, 3.05) is 13.2 Å². The second-order valence-electron chi connectivity index (χ2n) is 2.27. The number of aliphatic hydroxyl groups excluding tert-OH is 1. The van der Waals surface area contributed by atoms with E-state index in [1.807, 2.05) is 0 Å².